The van der Waals surface area contributed by atoms with E-state index in [2.05, 4.69) is 10.1 Å². The maximum Gasteiger partial charge on any atom is 0.337 e. The van der Waals surface area contributed by atoms with Gasteiger partial charge in [-0.25, -0.2) is 4.79 Å². The Morgan fingerprint density at radius 2 is 1.95 bits per heavy atom. The Morgan fingerprint density at radius 1 is 1.15 bits per heavy atom. The molecule has 0 amide bonds. The minimum Gasteiger partial charge on any atom is -0.465 e. The van der Waals surface area contributed by atoms with Crippen molar-refractivity contribution in [3.63, 3.8) is 0 Å². The lowest BCUT2D eigenvalue weighted by molar-refractivity contribution is 0.0601. The van der Waals surface area contributed by atoms with Gasteiger partial charge in [-0.15, -0.1) is 0 Å². The third-order valence-corrected chi connectivity index (χ3v) is 3.50. The topological polar surface area (TPSA) is 38.3 Å². The molecule has 0 fully saturated rings. The molecule has 0 saturated carbocycles. The highest BCUT2D eigenvalue weighted by Crippen LogP contribution is 2.23. The van der Waals surface area contributed by atoms with E-state index >= 15 is 0 Å². The minimum absolute atomic E-state index is 0.358. The SMILES string of the molecule is COC(=O)c1cccc(NCc2ccc(Cl)c(Cl)c2)c1. The zero-order valence-electron chi connectivity index (χ0n) is 10.8. The molecular weight excluding hydrogens is 297 g/mol. The summed E-state index contributed by atoms with van der Waals surface area (Å²) in [5.74, 6) is -0.358. The summed E-state index contributed by atoms with van der Waals surface area (Å²) < 4.78 is 4.68. The maximum absolute atomic E-state index is 11.4. The van der Waals surface area contributed by atoms with Crippen molar-refractivity contribution in [3.05, 3.63) is 63.6 Å². The Hall–Kier alpha value is -1.71. The normalized spacial score (nSPS) is 10.2. The Kier molecular flexibility index (Phi) is 4.88. The lowest BCUT2D eigenvalue weighted by Crippen LogP contribution is -2.03. The van der Waals surface area contributed by atoms with Crippen LogP contribution in [0.4, 0.5) is 5.69 Å². The van der Waals surface area contributed by atoms with Crippen LogP contribution in [0.15, 0.2) is 42.5 Å². The van der Waals surface area contributed by atoms with Crippen LogP contribution in [0.5, 0.6) is 0 Å². The molecule has 3 nitrogen and oxygen atoms in total. The van der Waals surface area contributed by atoms with E-state index < -0.39 is 0 Å². The number of carbonyl (C=O) groups is 1. The summed E-state index contributed by atoms with van der Waals surface area (Å²) in [5, 5.41) is 4.27. The molecule has 0 aliphatic carbocycles. The third-order valence-electron chi connectivity index (χ3n) is 2.76. The average Bonchev–Trinajstić information content (AvgIpc) is 2.48. The highest BCUT2D eigenvalue weighted by Gasteiger charge is 2.05. The highest BCUT2D eigenvalue weighted by molar-refractivity contribution is 6.42. The molecule has 2 rings (SSSR count). The first-order valence-electron chi connectivity index (χ1n) is 5.96. The van der Waals surface area contributed by atoms with Gasteiger partial charge in [0.15, 0.2) is 0 Å². The number of anilines is 1. The van der Waals surface area contributed by atoms with Crippen molar-refractivity contribution in [1.29, 1.82) is 0 Å². The summed E-state index contributed by atoms with van der Waals surface area (Å²) in [6.45, 7) is 0.585. The van der Waals surface area contributed by atoms with Crippen molar-refractivity contribution in [2.75, 3.05) is 12.4 Å². The molecule has 0 spiro atoms. The summed E-state index contributed by atoms with van der Waals surface area (Å²) >= 11 is 11.8. The number of halogens is 2. The van der Waals surface area contributed by atoms with Gasteiger partial charge in [0.1, 0.15) is 0 Å². The van der Waals surface area contributed by atoms with Crippen LogP contribution < -0.4 is 5.32 Å². The Balaban J connectivity index is 2.07. The summed E-state index contributed by atoms with van der Waals surface area (Å²) in [6, 6.07) is 12.6. The number of hydrogen-bond donors (Lipinski definition) is 1. The molecule has 2 aromatic rings. The number of hydrogen-bond acceptors (Lipinski definition) is 3. The molecule has 0 heterocycles. The maximum atomic E-state index is 11.4. The van der Waals surface area contributed by atoms with Crippen molar-refractivity contribution >= 4 is 34.9 Å². The second-order valence-corrected chi connectivity index (χ2v) is 4.99. The van der Waals surface area contributed by atoms with Crippen LogP contribution in [0, 0.1) is 0 Å². The van der Waals surface area contributed by atoms with Crippen LogP contribution in [0.25, 0.3) is 0 Å². The summed E-state index contributed by atoms with van der Waals surface area (Å²) in [7, 11) is 1.36. The van der Waals surface area contributed by atoms with Crippen molar-refractivity contribution in [1.82, 2.24) is 0 Å². The number of methoxy groups -OCH3 is 1. The fraction of sp³-hybridized carbons (Fsp3) is 0.133. The van der Waals surface area contributed by atoms with Gasteiger partial charge in [0.05, 0.1) is 22.7 Å². The van der Waals surface area contributed by atoms with Crippen LogP contribution >= 0.6 is 23.2 Å². The monoisotopic (exact) mass is 309 g/mol. The molecule has 1 N–H and O–H groups in total. The number of rotatable bonds is 4. The van der Waals surface area contributed by atoms with E-state index in [-0.39, 0.29) is 5.97 Å². The van der Waals surface area contributed by atoms with Gasteiger partial charge >= 0.3 is 5.97 Å². The second-order valence-electron chi connectivity index (χ2n) is 4.17. The van der Waals surface area contributed by atoms with Crippen LogP contribution in [0.1, 0.15) is 15.9 Å². The van der Waals surface area contributed by atoms with Gasteiger partial charge in [-0.05, 0) is 35.9 Å². The van der Waals surface area contributed by atoms with Crippen LogP contribution in [-0.2, 0) is 11.3 Å². The lowest BCUT2D eigenvalue weighted by atomic mass is 10.2. The predicted octanol–water partition coefficient (Wildman–Crippen LogP) is 4.39. The van der Waals surface area contributed by atoms with Crippen molar-refractivity contribution in [2.24, 2.45) is 0 Å². The second kappa shape index (κ2) is 6.64. The first kappa shape index (κ1) is 14.7. The lowest BCUT2D eigenvalue weighted by Gasteiger charge is -2.08. The number of ether oxygens (including phenoxy) is 1. The Bertz CT molecular complexity index is 629. The van der Waals surface area contributed by atoms with E-state index in [4.69, 9.17) is 23.2 Å². The standard InChI is InChI=1S/C15H13Cl2NO2/c1-20-15(19)11-3-2-4-12(8-11)18-9-10-5-6-13(16)14(17)7-10/h2-8,18H,9H2,1H3. The van der Waals surface area contributed by atoms with Gasteiger partial charge in [0, 0.05) is 12.2 Å². The summed E-state index contributed by atoms with van der Waals surface area (Å²) in [6.07, 6.45) is 0. The summed E-state index contributed by atoms with van der Waals surface area (Å²) in [4.78, 5) is 11.4. The van der Waals surface area contributed by atoms with E-state index in [1.165, 1.54) is 7.11 Å². The smallest absolute Gasteiger partial charge is 0.337 e. The minimum atomic E-state index is -0.358. The van der Waals surface area contributed by atoms with E-state index in [0.717, 1.165) is 11.3 Å². The molecule has 104 valence electrons. The van der Waals surface area contributed by atoms with Crippen molar-refractivity contribution in [2.45, 2.75) is 6.54 Å². The molecule has 0 radical (unpaired) electrons. The van der Waals surface area contributed by atoms with Gasteiger partial charge in [0.2, 0.25) is 0 Å². The molecule has 0 aliphatic rings. The van der Waals surface area contributed by atoms with Crippen molar-refractivity contribution in [3.8, 4) is 0 Å². The van der Waals surface area contributed by atoms with Gasteiger partial charge in [-0.1, -0.05) is 35.3 Å². The van der Waals surface area contributed by atoms with E-state index in [9.17, 15) is 4.79 Å². The largest absolute Gasteiger partial charge is 0.465 e. The molecule has 2 aromatic carbocycles. The molecule has 0 atom stereocenters. The van der Waals surface area contributed by atoms with Gasteiger partial charge in [0.25, 0.3) is 0 Å². The molecule has 0 saturated heterocycles. The van der Waals surface area contributed by atoms with Gasteiger partial charge < -0.3 is 10.1 Å². The first-order chi connectivity index (χ1) is 9.60. The zero-order chi connectivity index (χ0) is 14.5. The number of esters is 1. The third kappa shape index (κ3) is 3.65. The van der Waals surface area contributed by atoms with Crippen LogP contribution in [-0.4, -0.2) is 13.1 Å². The first-order valence-corrected chi connectivity index (χ1v) is 6.72. The Morgan fingerprint density at radius 3 is 2.65 bits per heavy atom. The molecule has 0 aromatic heterocycles. The number of benzene rings is 2. The number of nitrogens with one attached hydrogen (secondary N) is 1. The van der Waals surface area contributed by atoms with E-state index in [1.807, 2.05) is 12.1 Å². The molecule has 0 unspecified atom stereocenters. The number of carbonyl (C=O) groups excluding carboxylic acids is 1. The molecule has 0 bridgehead atoms. The fourth-order valence-electron chi connectivity index (χ4n) is 1.73. The summed E-state index contributed by atoms with van der Waals surface area (Å²) in [5.41, 5.74) is 2.34. The molecule has 0 aliphatic heterocycles. The van der Waals surface area contributed by atoms with Gasteiger partial charge in [-0.3, -0.25) is 0 Å². The van der Waals surface area contributed by atoms with E-state index in [1.54, 1.807) is 30.3 Å². The Labute approximate surface area is 127 Å². The fourth-order valence-corrected chi connectivity index (χ4v) is 2.05. The average molecular weight is 310 g/mol. The van der Waals surface area contributed by atoms with E-state index in [0.29, 0.717) is 22.2 Å². The van der Waals surface area contributed by atoms with Gasteiger partial charge in [-0.2, -0.15) is 0 Å². The molecular formula is C15H13Cl2NO2. The molecule has 5 heteroatoms. The predicted molar refractivity (Wildman–Crippen MR) is 81.6 cm³/mol. The van der Waals surface area contributed by atoms with Crippen LogP contribution in [0.2, 0.25) is 10.0 Å². The van der Waals surface area contributed by atoms with Crippen LogP contribution in [0.3, 0.4) is 0 Å². The zero-order valence-corrected chi connectivity index (χ0v) is 12.3. The quantitative estimate of drug-likeness (QED) is 0.851. The highest BCUT2D eigenvalue weighted by atomic mass is 35.5. The van der Waals surface area contributed by atoms with Crippen molar-refractivity contribution < 1.29 is 9.53 Å². The molecule has 20 heavy (non-hydrogen) atoms.